The number of rotatable bonds is 8. The Labute approximate surface area is 200 Å². The fraction of sp³-hybridized carbons (Fsp3) is 0.0833. The summed E-state index contributed by atoms with van der Waals surface area (Å²) >= 11 is 7.34. The third-order valence-corrected chi connectivity index (χ3v) is 5.69. The van der Waals surface area contributed by atoms with Gasteiger partial charge >= 0.3 is 0 Å². The molecule has 166 valence electrons. The first-order valence-electron chi connectivity index (χ1n) is 10.0. The molecule has 0 radical (unpaired) electrons. The SMILES string of the molecule is Cc1ccc(-c2nnc(SCC(=O)NN=CC=Cc3ccco3)n2-c2ccc(Cl)cc2)cc1. The summed E-state index contributed by atoms with van der Waals surface area (Å²) in [6.07, 6.45) is 6.49. The van der Waals surface area contributed by atoms with Crippen LogP contribution in [0, 0.1) is 6.92 Å². The normalized spacial score (nSPS) is 11.5. The molecule has 7 nitrogen and oxygen atoms in total. The zero-order valence-corrected chi connectivity index (χ0v) is 19.3. The number of aryl methyl sites for hydroxylation is 1. The van der Waals surface area contributed by atoms with Gasteiger partial charge < -0.3 is 4.42 Å². The summed E-state index contributed by atoms with van der Waals surface area (Å²) in [6, 6.07) is 19.1. The van der Waals surface area contributed by atoms with E-state index in [1.807, 2.05) is 66.1 Å². The number of hydrogen-bond donors (Lipinski definition) is 1. The third kappa shape index (κ3) is 6.00. The number of allylic oxidation sites excluding steroid dienone is 1. The number of nitrogens with one attached hydrogen (secondary N) is 1. The standard InChI is InChI=1S/C24H20ClN5O2S/c1-17-6-8-18(9-7-17)23-28-29-24(30(23)20-12-10-19(25)11-13-20)33-16-22(31)27-26-14-2-4-21-5-3-15-32-21/h2-15H,16H2,1H3,(H,27,31). The third-order valence-electron chi connectivity index (χ3n) is 4.51. The predicted octanol–water partition coefficient (Wildman–Crippen LogP) is 5.40. The number of hydrazone groups is 1. The van der Waals surface area contributed by atoms with Crippen LogP contribution in [0.3, 0.4) is 0 Å². The molecule has 9 heteroatoms. The number of benzene rings is 2. The smallest absolute Gasteiger partial charge is 0.250 e. The monoisotopic (exact) mass is 477 g/mol. The Morgan fingerprint density at radius 1 is 1.15 bits per heavy atom. The van der Waals surface area contributed by atoms with Crippen LogP contribution in [0.25, 0.3) is 23.2 Å². The lowest BCUT2D eigenvalue weighted by molar-refractivity contribution is -0.118. The first-order chi connectivity index (χ1) is 16.1. The summed E-state index contributed by atoms with van der Waals surface area (Å²) in [5, 5.41) is 13.8. The van der Waals surface area contributed by atoms with Crippen molar-refractivity contribution >= 4 is 41.6 Å². The average molecular weight is 478 g/mol. The Morgan fingerprint density at radius 2 is 1.94 bits per heavy atom. The lowest BCUT2D eigenvalue weighted by Gasteiger charge is -2.10. The molecule has 4 aromatic rings. The van der Waals surface area contributed by atoms with Crippen molar-refractivity contribution in [2.75, 3.05) is 5.75 Å². The highest BCUT2D eigenvalue weighted by molar-refractivity contribution is 7.99. The molecule has 1 N–H and O–H groups in total. The molecule has 0 bridgehead atoms. The van der Waals surface area contributed by atoms with Gasteiger partial charge in [0.1, 0.15) is 5.76 Å². The molecule has 4 rings (SSSR count). The van der Waals surface area contributed by atoms with Crippen LogP contribution < -0.4 is 5.43 Å². The summed E-state index contributed by atoms with van der Waals surface area (Å²) in [7, 11) is 0. The maximum Gasteiger partial charge on any atom is 0.250 e. The van der Waals surface area contributed by atoms with Crippen molar-refractivity contribution in [1.29, 1.82) is 0 Å². The Balaban J connectivity index is 1.47. The molecular weight excluding hydrogens is 458 g/mol. The second kappa shape index (κ2) is 10.8. The summed E-state index contributed by atoms with van der Waals surface area (Å²) in [5.41, 5.74) is 5.43. The molecule has 0 atom stereocenters. The Hall–Kier alpha value is -3.62. The van der Waals surface area contributed by atoms with Crippen molar-refractivity contribution in [3.8, 4) is 17.1 Å². The van der Waals surface area contributed by atoms with Gasteiger partial charge in [0.15, 0.2) is 11.0 Å². The molecule has 1 amide bonds. The predicted molar refractivity (Wildman–Crippen MR) is 132 cm³/mol. The fourth-order valence-corrected chi connectivity index (χ4v) is 3.78. The number of nitrogens with zero attached hydrogens (tertiary/aromatic N) is 4. The van der Waals surface area contributed by atoms with E-state index >= 15 is 0 Å². The van der Waals surface area contributed by atoms with Crippen LogP contribution in [0.5, 0.6) is 0 Å². The van der Waals surface area contributed by atoms with Gasteiger partial charge in [-0.3, -0.25) is 9.36 Å². The van der Waals surface area contributed by atoms with Crippen LogP contribution in [0.15, 0.2) is 87.7 Å². The van der Waals surface area contributed by atoms with Gasteiger partial charge in [0.05, 0.1) is 12.0 Å². The van der Waals surface area contributed by atoms with E-state index in [1.165, 1.54) is 18.0 Å². The molecule has 0 aliphatic heterocycles. The molecule has 0 aliphatic rings. The second-order valence-electron chi connectivity index (χ2n) is 6.96. The number of carbonyl (C=O) groups excluding carboxylic acids is 1. The molecule has 0 aliphatic carbocycles. The summed E-state index contributed by atoms with van der Waals surface area (Å²) in [6.45, 7) is 2.03. The van der Waals surface area contributed by atoms with Gasteiger partial charge in [0.25, 0.3) is 5.91 Å². The average Bonchev–Trinajstić information content (AvgIpc) is 3.49. The van der Waals surface area contributed by atoms with Gasteiger partial charge in [0, 0.05) is 22.5 Å². The Morgan fingerprint density at radius 3 is 2.67 bits per heavy atom. The number of hydrogen-bond acceptors (Lipinski definition) is 6. The van der Waals surface area contributed by atoms with Crippen LogP contribution in [0.2, 0.25) is 5.02 Å². The second-order valence-corrected chi connectivity index (χ2v) is 8.34. The topological polar surface area (TPSA) is 85.3 Å². The van der Waals surface area contributed by atoms with Crippen LogP contribution in [0.4, 0.5) is 0 Å². The zero-order chi connectivity index (χ0) is 23.0. The largest absolute Gasteiger partial charge is 0.465 e. The van der Waals surface area contributed by atoms with E-state index in [0.29, 0.717) is 21.8 Å². The molecule has 33 heavy (non-hydrogen) atoms. The summed E-state index contributed by atoms with van der Waals surface area (Å²) in [4.78, 5) is 12.3. The van der Waals surface area contributed by atoms with Crippen LogP contribution in [-0.4, -0.2) is 32.6 Å². The molecule has 0 unspecified atom stereocenters. The molecule has 2 aromatic heterocycles. The minimum atomic E-state index is -0.259. The quantitative estimate of drug-likeness (QED) is 0.209. The van der Waals surface area contributed by atoms with E-state index in [2.05, 4.69) is 20.7 Å². The lowest BCUT2D eigenvalue weighted by atomic mass is 10.1. The number of furan rings is 1. The van der Waals surface area contributed by atoms with E-state index in [0.717, 1.165) is 16.8 Å². The number of carbonyl (C=O) groups is 1. The molecule has 0 fully saturated rings. The first-order valence-corrected chi connectivity index (χ1v) is 11.4. The van der Waals surface area contributed by atoms with Crippen molar-refractivity contribution in [3.63, 3.8) is 0 Å². The highest BCUT2D eigenvalue weighted by Gasteiger charge is 2.17. The van der Waals surface area contributed by atoms with Crippen LogP contribution in [-0.2, 0) is 4.79 Å². The van der Waals surface area contributed by atoms with Gasteiger partial charge in [-0.05, 0) is 55.5 Å². The number of thioether (sulfide) groups is 1. The maximum absolute atomic E-state index is 12.3. The van der Waals surface area contributed by atoms with Gasteiger partial charge in [-0.15, -0.1) is 10.2 Å². The van der Waals surface area contributed by atoms with Gasteiger partial charge in [-0.25, -0.2) is 5.43 Å². The molecule has 2 heterocycles. The minimum Gasteiger partial charge on any atom is -0.465 e. The molecule has 2 aromatic carbocycles. The summed E-state index contributed by atoms with van der Waals surface area (Å²) < 4.78 is 7.09. The molecule has 0 saturated heterocycles. The zero-order valence-electron chi connectivity index (χ0n) is 17.7. The van der Waals surface area contributed by atoms with Crippen LogP contribution >= 0.6 is 23.4 Å². The lowest BCUT2D eigenvalue weighted by Crippen LogP contribution is -2.19. The number of halogens is 1. The fourth-order valence-electron chi connectivity index (χ4n) is 2.91. The van der Waals surface area contributed by atoms with Gasteiger partial charge in [0.2, 0.25) is 0 Å². The Kier molecular flexibility index (Phi) is 7.39. The maximum atomic E-state index is 12.3. The first kappa shape index (κ1) is 22.6. The van der Waals surface area contributed by atoms with Crippen molar-refractivity contribution in [2.45, 2.75) is 12.1 Å². The highest BCUT2D eigenvalue weighted by atomic mass is 35.5. The highest BCUT2D eigenvalue weighted by Crippen LogP contribution is 2.28. The van der Waals surface area contributed by atoms with Crippen molar-refractivity contribution < 1.29 is 9.21 Å². The number of aromatic nitrogens is 3. The van der Waals surface area contributed by atoms with E-state index < -0.39 is 0 Å². The molecular formula is C24H20ClN5O2S. The van der Waals surface area contributed by atoms with E-state index in [-0.39, 0.29) is 11.7 Å². The van der Waals surface area contributed by atoms with E-state index in [4.69, 9.17) is 16.0 Å². The van der Waals surface area contributed by atoms with E-state index in [9.17, 15) is 4.79 Å². The van der Waals surface area contributed by atoms with Crippen molar-refractivity contribution in [3.05, 3.63) is 89.3 Å². The minimum absolute atomic E-state index is 0.124. The van der Waals surface area contributed by atoms with Gasteiger partial charge in [-0.2, -0.15) is 5.10 Å². The Bertz CT molecular complexity index is 1260. The molecule has 0 spiro atoms. The van der Waals surface area contributed by atoms with Crippen LogP contribution in [0.1, 0.15) is 11.3 Å². The van der Waals surface area contributed by atoms with Crippen molar-refractivity contribution in [1.82, 2.24) is 20.2 Å². The van der Waals surface area contributed by atoms with Crippen molar-refractivity contribution in [2.24, 2.45) is 5.10 Å². The molecule has 0 saturated carbocycles. The van der Waals surface area contributed by atoms with E-state index in [1.54, 1.807) is 24.5 Å². The number of amides is 1. The van der Waals surface area contributed by atoms with Gasteiger partial charge in [-0.1, -0.05) is 53.2 Å². The summed E-state index contributed by atoms with van der Waals surface area (Å²) in [5.74, 6) is 1.25.